The van der Waals surface area contributed by atoms with Gasteiger partial charge in [0, 0.05) is 6.54 Å². The Bertz CT molecular complexity index is 1240. The highest BCUT2D eigenvalue weighted by atomic mass is 32.2. The van der Waals surface area contributed by atoms with Crippen LogP contribution in [0.2, 0.25) is 0 Å². The van der Waals surface area contributed by atoms with Gasteiger partial charge in [0.2, 0.25) is 15.9 Å². The van der Waals surface area contributed by atoms with E-state index in [1.165, 1.54) is 16.4 Å². The first-order valence-corrected chi connectivity index (χ1v) is 11.4. The van der Waals surface area contributed by atoms with Crippen molar-refractivity contribution in [2.75, 3.05) is 5.32 Å². The Kier molecular flexibility index (Phi) is 5.64. The molecule has 0 saturated carbocycles. The minimum absolute atomic E-state index is 0.0298. The number of fused-ring (bicyclic) bond motifs is 1. The van der Waals surface area contributed by atoms with E-state index in [9.17, 15) is 17.6 Å². The summed E-state index contributed by atoms with van der Waals surface area (Å²) < 4.78 is 42.4. The van der Waals surface area contributed by atoms with Gasteiger partial charge in [-0.15, -0.1) is 0 Å². The van der Waals surface area contributed by atoms with E-state index >= 15 is 0 Å². The van der Waals surface area contributed by atoms with Crippen molar-refractivity contribution >= 4 is 21.6 Å². The summed E-state index contributed by atoms with van der Waals surface area (Å²) in [5.41, 5.74) is 3.45. The first kappa shape index (κ1) is 21.2. The molecule has 0 bridgehead atoms. The molecule has 1 amide bonds. The summed E-state index contributed by atoms with van der Waals surface area (Å²) in [4.78, 5) is 13.3. The van der Waals surface area contributed by atoms with Crippen LogP contribution < -0.4 is 5.32 Å². The summed E-state index contributed by atoms with van der Waals surface area (Å²) in [6.45, 7) is 3.70. The number of benzene rings is 3. The number of hydrogen-bond acceptors (Lipinski definition) is 3. The molecule has 1 heterocycles. The van der Waals surface area contributed by atoms with Crippen molar-refractivity contribution in [3.05, 3.63) is 94.8 Å². The lowest BCUT2D eigenvalue weighted by molar-refractivity contribution is -0.120. The molecule has 1 atom stereocenters. The number of anilines is 1. The zero-order valence-electron chi connectivity index (χ0n) is 17.3. The predicted octanol–water partition coefficient (Wildman–Crippen LogP) is 4.20. The lowest BCUT2D eigenvalue weighted by atomic mass is 9.95. The van der Waals surface area contributed by atoms with E-state index in [4.69, 9.17) is 0 Å². The third kappa shape index (κ3) is 4.24. The van der Waals surface area contributed by atoms with Crippen LogP contribution in [0.4, 0.5) is 10.1 Å². The second kappa shape index (κ2) is 8.24. The number of nitrogens with zero attached hydrogens (tertiary/aromatic N) is 1. The molecule has 0 fully saturated rings. The third-order valence-electron chi connectivity index (χ3n) is 5.52. The lowest BCUT2D eigenvalue weighted by Crippen LogP contribution is -2.50. The van der Waals surface area contributed by atoms with Crippen LogP contribution in [-0.4, -0.2) is 24.7 Å². The average Bonchev–Trinajstić information content (AvgIpc) is 2.75. The molecule has 1 N–H and O–H groups in total. The number of halogens is 1. The second-order valence-corrected chi connectivity index (χ2v) is 9.72. The SMILES string of the molecule is Cc1ccc(S(=O)(=O)N2Cc3ccccc3CC2C(=O)Nc2ccc(C)cc2F)cc1. The second-order valence-electron chi connectivity index (χ2n) is 7.82. The van der Waals surface area contributed by atoms with E-state index in [2.05, 4.69) is 5.32 Å². The van der Waals surface area contributed by atoms with Gasteiger partial charge in [0.1, 0.15) is 11.9 Å². The molecule has 31 heavy (non-hydrogen) atoms. The summed E-state index contributed by atoms with van der Waals surface area (Å²) in [7, 11) is -3.95. The van der Waals surface area contributed by atoms with Gasteiger partial charge in [-0.2, -0.15) is 4.31 Å². The number of aryl methyl sites for hydroxylation is 2. The summed E-state index contributed by atoms with van der Waals surface area (Å²) in [5.74, 6) is -1.12. The first-order valence-electron chi connectivity index (χ1n) is 9.98. The standard InChI is InChI=1S/C24H23FN2O3S/c1-16-7-10-20(11-8-16)31(29,30)27-15-19-6-4-3-5-18(19)14-23(27)24(28)26-22-12-9-17(2)13-21(22)25/h3-13,23H,14-15H2,1-2H3,(H,26,28). The van der Waals surface area contributed by atoms with Gasteiger partial charge in [0.25, 0.3) is 0 Å². The predicted molar refractivity (Wildman–Crippen MR) is 118 cm³/mol. The van der Waals surface area contributed by atoms with Crippen molar-refractivity contribution in [2.45, 2.75) is 37.8 Å². The van der Waals surface area contributed by atoms with Crippen LogP contribution in [0.15, 0.2) is 71.6 Å². The van der Waals surface area contributed by atoms with Crippen LogP contribution in [0.1, 0.15) is 22.3 Å². The summed E-state index contributed by atoms with van der Waals surface area (Å²) in [6.07, 6.45) is 0.209. The number of carbonyl (C=O) groups excluding carboxylic acids is 1. The van der Waals surface area contributed by atoms with E-state index < -0.39 is 27.8 Å². The topological polar surface area (TPSA) is 66.5 Å². The van der Waals surface area contributed by atoms with E-state index in [1.807, 2.05) is 31.2 Å². The molecule has 1 unspecified atom stereocenters. The Morgan fingerprint density at radius 1 is 0.968 bits per heavy atom. The van der Waals surface area contributed by atoms with Crippen molar-refractivity contribution < 1.29 is 17.6 Å². The fourth-order valence-electron chi connectivity index (χ4n) is 3.76. The summed E-state index contributed by atoms with van der Waals surface area (Å²) >= 11 is 0. The van der Waals surface area contributed by atoms with Gasteiger partial charge in [0.05, 0.1) is 10.6 Å². The molecule has 3 aromatic rings. The van der Waals surface area contributed by atoms with Crippen molar-refractivity contribution in [2.24, 2.45) is 0 Å². The van der Waals surface area contributed by atoms with E-state index in [1.54, 1.807) is 37.3 Å². The Hall–Kier alpha value is -3.03. The minimum atomic E-state index is -3.95. The van der Waals surface area contributed by atoms with Crippen LogP contribution in [0, 0.1) is 19.7 Å². The first-order chi connectivity index (χ1) is 14.8. The normalized spacial score (nSPS) is 16.5. The quantitative estimate of drug-likeness (QED) is 0.664. The summed E-state index contributed by atoms with van der Waals surface area (Å²) in [5, 5.41) is 2.58. The van der Waals surface area contributed by atoms with Crippen molar-refractivity contribution in [1.29, 1.82) is 0 Å². The van der Waals surface area contributed by atoms with Crippen LogP contribution in [-0.2, 0) is 27.8 Å². The molecule has 3 aromatic carbocycles. The smallest absolute Gasteiger partial charge is 0.244 e. The number of sulfonamides is 1. The summed E-state index contributed by atoms with van der Waals surface area (Å²) in [6, 6.07) is 17.5. The molecule has 0 aliphatic carbocycles. The van der Waals surface area contributed by atoms with Crippen LogP contribution in [0.25, 0.3) is 0 Å². The molecule has 7 heteroatoms. The van der Waals surface area contributed by atoms with E-state index in [0.717, 1.165) is 22.3 Å². The van der Waals surface area contributed by atoms with Gasteiger partial charge in [-0.05, 0) is 61.2 Å². The Balaban J connectivity index is 1.72. The van der Waals surface area contributed by atoms with Gasteiger partial charge in [-0.25, -0.2) is 12.8 Å². The van der Waals surface area contributed by atoms with Gasteiger partial charge < -0.3 is 5.32 Å². The van der Waals surface area contributed by atoms with E-state index in [-0.39, 0.29) is 23.5 Å². The van der Waals surface area contributed by atoms with Crippen LogP contribution >= 0.6 is 0 Å². The Morgan fingerprint density at radius 2 is 1.61 bits per heavy atom. The Morgan fingerprint density at radius 3 is 2.29 bits per heavy atom. The molecular formula is C24H23FN2O3S. The minimum Gasteiger partial charge on any atom is -0.322 e. The molecule has 0 aromatic heterocycles. The van der Waals surface area contributed by atoms with Gasteiger partial charge >= 0.3 is 0 Å². The number of amides is 1. The lowest BCUT2D eigenvalue weighted by Gasteiger charge is -2.35. The van der Waals surface area contributed by atoms with E-state index in [0.29, 0.717) is 0 Å². The molecule has 4 rings (SSSR count). The van der Waals surface area contributed by atoms with Crippen LogP contribution in [0.3, 0.4) is 0 Å². The van der Waals surface area contributed by atoms with Crippen molar-refractivity contribution in [3.63, 3.8) is 0 Å². The zero-order valence-corrected chi connectivity index (χ0v) is 18.1. The van der Waals surface area contributed by atoms with Gasteiger partial charge in [-0.3, -0.25) is 4.79 Å². The number of hydrogen-bond donors (Lipinski definition) is 1. The molecule has 1 aliphatic rings. The highest BCUT2D eigenvalue weighted by molar-refractivity contribution is 7.89. The molecule has 5 nitrogen and oxygen atoms in total. The molecule has 0 saturated heterocycles. The number of rotatable bonds is 4. The fourth-order valence-corrected chi connectivity index (χ4v) is 5.32. The average molecular weight is 439 g/mol. The maximum absolute atomic E-state index is 14.3. The van der Waals surface area contributed by atoms with Gasteiger partial charge in [-0.1, -0.05) is 48.0 Å². The van der Waals surface area contributed by atoms with Crippen molar-refractivity contribution in [3.8, 4) is 0 Å². The highest BCUT2D eigenvalue weighted by Gasteiger charge is 2.39. The molecular weight excluding hydrogens is 415 g/mol. The van der Waals surface area contributed by atoms with Crippen LogP contribution in [0.5, 0.6) is 0 Å². The zero-order chi connectivity index (χ0) is 22.2. The van der Waals surface area contributed by atoms with Crippen molar-refractivity contribution in [1.82, 2.24) is 4.31 Å². The largest absolute Gasteiger partial charge is 0.322 e. The molecule has 160 valence electrons. The number of carbonyl (C=O) groups is 1. The maximum Gasteiger partial charge on any atom is 0.244 e. The highest BCUT2D eigenvalue weighted by Crippen LogP contribution is 2.30. The fraction of sp³-hybridized carbons (Fsp3) is 0.208. The Labute approximate surface area is 181 Å². The number of nitrogens with one attached hydrogen (secondary N) is 1. The maximum atomic E-state index is 14.3. The monoisotopic (exact) mass is 438 g/mol. The molecule has 1 aliphatic heterocycles. The molecule has 0 radical (unpaired) electrons. The molecule has 0 spiro atoms. The van der Waals surface area contributed by atoms with Gasteiger partial charge in [0.15, 0.2) is 0 Å². The third-order valence-corrected chi connectivity index (χ3v) is 7.39.